The summed E-state index contributed by atoms with van der Waals surface area (Å²) in [5.74, 6) is -4.52. The predicted molar refractivity (Wildman–Crippen MR) is 133 cm³/mol. The smallest absolute Gasteiger partial charge is 0.343 e. The van der Waals surface area contributed by atoms with E-state index in [2.05, 4.69) is 0 Å². The van der Waals surface area contributed by atoms with Crippen molar-refractivity contribution in [3.05, 3.63) is 130 Å². The zero-order chi connectivity index (χ0) is 27.2. The summed E-state index contributed by atoms with van der Waals surface area (Å²) in [4.78, 5) is 60.7. The van der Waals surface area contributed by atoms with Crippen molar-refractivity contribution in [2.75, 3.05) is 0 Å². The number of carbonyl (C=O) groups is 5. The molecule has 4 aromatic rings. The highest BCUT2D eigenvalue weighted by Gasteiger charge is 2.21. The van der Waals surface area contributed by atoms with Gasteiger partial charge in [-0.3, -0.25) is 4.79 Å². The standard InChI is InChI=1S/C29H18O9/c30-25(17-4-2-1-3-5-17)23-16-22(37-28(35)20-10-6-18(7-11-20)26(31)32)14-15-24(23)38-29(36)21-12-8-19(9-13-21)27(33)34/h1-16H,(H,31,32)(H,33,34). The maximum absolute atomic E-state index is 13.3. The van der Waals surface area contributed by atoms with Crippen LogP contribution in [-0.4, -0.2) is 39.9 Å². The molecular weight excluding hydrogens is 492 g/mol. The average Bonchev–Trinajstić information content (AvgIpc) is 2.94. The van der Waals surface area contributed by atoms with Gasteiger partial charge >= 0.3 is 23.9 Å². The number of ketones is 1. The summed E-state index contributed by atoms with van der Waals surface area (Å²) in [7, 11) is 0. The molecule has 0 saturated heterocycles. The summed E-state index contributed by atoms with van der Waals surface area (Å²) in [5, 5.41) is 18.1. The first-order chi connectivity index (χ1) is 18.2. The zero-order valence-electron chi connectivity index (χ0n) is 19.5. The third-order valence-corrected chi connectivity index (χ3v) is 5.38. The van der Waals surface area contributed by atoms with Crippen LogP contribution in [0.5, 0.6) is 11.5 Å². The van der Waals surface area contributed by atoms with E-state index in [-0.39, 0.29) is 39.3 Å². The van der Waals surface area contributed by atoms with Crippen LogP contribution in [0.25, 0.3) is 0 Å². The molecule has 9 nitrogen and oxygen atoms in total. The van der Waals surface area contributed by atoms with Gasteiger partial charge in [-0.2, -0.15) is 0 Å². The van der Waals surface area contributed by atoms with Gasteiger partial charge in [0.25, 0.3) is 0 Å². The molecule has 0 unspecified atom stereocenters. The molecule has 0 radical (unpaired) electrons. The second kappa shape index (κ2) is 11.0. The number of esters is 2. The molecule has 0 aliphatic carbocycles. The largest absolute Gasteiger partial charge is 0.478 e. The highest BCUT2D eigenvalue weighted by Crippen LogP contribution is 2.28. The molecule has 0 spiro atoms. The minimum atomic E-state index is -1.15. The molecule has 9 heteroatoms. The summed E-state index contributed by atoms with van der Waals surface area (Å²) in [6.07, 6.45) is 0. The Morgan fingerprint density at radius 1 is 0.500 bits per heavy atom. The molecule has 0 aromatic heterocycles. The number of rotatable bonds is 8. The molecule has 2 N–H and O–H groups in total. The van der Waals surface area contributed by atoms with E-state index in [0.29, 0.717) is 5.56 Å². The number of carboxylic acid groups (broad SMARTS) is 2. The molecule has 0 aliphatic rings. The molecule has 188 valence electrons. The first-order valence-corrected chi connectivity index (χ1v) is 11.1. The predicted octanol–water partition coefficient (Wildman–Crippen LogP) is 4.75. The Morgan fingerprint density at radius 2 is 0.974 bits per heavy atom. The number of hydrogen-bond donors (Lipinski definition) is 2. The van der Waals surface area contributed by atoms with Crippen molar-refractivity contribution in [3.63, 3.8) is 0 Å². The van der Waals surface area contributed by atoms with Crippen LogP contribution in [0.15, 0.2) is 97.1 Å². The van der Waals surface area contributed by atoms with Crippen LogP contribution >= 0.6 is 0 Å². The van der Waals surface area contributed by atoms with Gasteiger partial charge in [-0.1, -0.05) is 30.3 Å². The van der Waals surface area contributed by atoms with Gasteiger partial charge in [0, 0.05) is 5.56 Å². The number of benzene rings is 4. The van der Waals surface area contributed by atoms with Gasteiger partial charge in [0.1, 0.15) is 11.5 Å². The van der Waals surface area contributed by atoms with Crippen LogP contribution in [0.1, 0.15) is 57.4 Å². The fourth-order valence-corrected chi connectivity index (χ4v) is 3.41. The lowest BCUT2D eigenvalue weighted by atomic mass is 10.0. The maximum atomic E-state index is 13.3. The Kier molecular flexibility index (Phi) is 7.39. The molecule has 4 rings (SSSR count). The molecule has 4 aromatic carbocycles. The van der Waals surface area contributed by atoms with Crippen molar-refractivity contribution in [3.8, 4) is 11.5 Å². The van der Waals surface area contributed by atoms with Gasteiger partial charge in [-0.15, -0.1) is 0 Å². The molecule has 38 heavy (non-hydrogen) atoms. The van der Waals surface area contributed by atoms with Crippen molar-refractivity contribution in [2.24, 2.45) is 0 Å². The van der Waals surface area contributed by atoms with Gasteiger partial charge in [0.2, 0.25) is 0 Å². The molecule has 0 atom stereocenters. The van der Waals surface area contributed by atoms with Crippen LogP contribution in [-0.2, 0) is 0 Å². The van der Waals surface area contributed by atoms with Crippen LogP contribution in [0.2, 0.25) is 0 Å². The van der Waals surface area contributed by atoms with Crippen LogP contribution in [0.3, 0.4) is 0 Å². The summed E-state index contributed by atoms with van der Waals surface area (Å²) < 4.78 is 10.8. The zero-order valence-corrected chi connectivity index (χ0v) is 19.5. The van der Waals surface area contributed by atoms with Gasteiger partial charge in [-0.05, 0) is 66.7 Å². The maximum Gasteiger partial charge on any atom is 0.343 e. The third-order valence-electron chi connectivity index (χ3n) is 5.38. The molecule has 0 fully saturated rings. The number of ether oxygens (including phenoxy) is 2. The van der Waals surface area contributed by atoms with Gasteiger partial charge in [-0.25, -0.2) is 19.2 Å². The number of carboxylic acids is 2. The average molecular weight is 510 g/mol. The second-order valence-corrected chi connectivity index (χ2v) is 7.90. The van der Waals surface area contributed by atoms with Crippen molar-refractivity contribution < 1.29 is 43.7 Å². The first-order valence-electron chi connectivity index (χ1n) is 11.1. The summed E-state index contributed by atoms with van der Waals surface area (Å²) in [5.41, 5.74) is 0.382. The van der Waals surface area contributed by atoms with E-state index in [0.717, 1.165) is 0 Å². The lowest BCUT2D eigenvalue weighted by molar-refractivity contribution is 0.0685. The van der Waals surface area contributed by atoms with E-state index < -0.39 is 29.7 Å². The van der Waals surface area contributed by atoms with Gasteiger partial charge in [0.15, 0.2) is 5.78 Å². The van der Waals surface area contributed by atoms with E-state index in [4.69, 9.17) is 19.7 Å². The fraction of sp³-hybridized carbons (Fsp3) is 0. The lowest BCUT2D eigenvalue weighted by Gasteiger charge is -2.12. The SMILES string of the molecule is O=C(O)c1ccc(C(=O)Oc2ccc(OC(=O)c3ccc(C(=O)O)cc3)c(C(=O)c3ccccc3)c2)cc1. The highest BCUT2D eigenvalue weighted by atomic mass is 16.5. The fourth-order valence-electron chi connectivity index (χ4n) is 3.41. The topological polar surface area (TPSA) is 144 Å². The lowest BCUT2D eigenvalue weighted by Crippen LogP contribution is -2.14. The Morgan fingerprint density at radius 3 is 1.47 bits per heavy atom. The van der Waals surface area contributed by atoms with Crippen molar-refractivity contribution in [1.82, 2.24) is 0 Å². The van der Waals surface area contributed by atoms with Crippen molar-refractivity contribution >= 4 is 29.7 Å². The number of hydrogen-bond acceptors (Lipinski definition) is 7. The second-order valence-electron chi connectivity index (χ2n) is 7.90. The van der Waals surface area contributed by atoms with Gasteiger partial charge in [0.05, 0.1) is 27.8 Å². The molecule has 0 saturated carbocycles. The minimum Gasteiger partial charge on any atom is -0.478 e. The van der Waals surface area contributed by atoms with Crippen LogP contribution in [0.4, 0.5) is 0 Å². The van der Waals surface area contributed by atoms with E-state index >= 15 is 0 Å². The van der Waals surface area contributed by atoms with Crippen LogP contribution in [0, 0.1) is 0 Å². The van der Waals surface area contributed by atoms with E-state index in [9.17, 15) is 24.0 Å². The molecular formula is C29H18O9. The normalized spacial score (nSPS) is 10.3. The summed E-state index contributed by atoms with van der Waals surface area (Å²) in [6.45, 7) is 0. The van der Waals surface area contributed by atoms with E-state index in [1.54, 1.807) is 30.3 Å². The first kappa shape index (κ1) is 25.5. The molecule has 0 amide bonds. The number of aromatic carboxylic acids is 2. The molecule has 0 heterocycles. The van der Waals surface area contributed by atoms with Crippen LogP contribution < -0.4 is 9.47 Å². The Balaban J connectivity index is 1.63. The Hall–Kier alpha value is -5.57. The highest BCUT2D eigenvalue weighted by molar-refractivity contribution is 6.11. The summed E-state index contributed by atoms with van der Waals surface area (Å²) >= 11 is 0. The van der Waals surface area contributed by atoms with Gasteiger partial charge < -0.3 is 19.7 Å². The number of carbonyl (C=O) groups excluding carboxylic acids is 3. The summed E-state index contributed by atoms with van der Waals surface area (Å²) in [6, 6.07) is 22.3. The van der Waals surface area contributed by atoms with Crippen molar-refractivity contribution in [2.45, 2.75) is 0 Å². The Bertz CT molecular complexity index is 1540. The monoisotopic (exact) mass is 510 g/mol. The van der Waals surface area contributed by atoms with Crippen molar-refractivity contribution in [1.29, 1.82) is 0 Å². The molecule has 0 bridgehead atoms. The Labute approximate surface area is 215 Å². The molecule has 0 aliphatic heterocycles. The third kappa shape index (κ3) is 5.80. The van der Waals surface area contributed by atoms with E-state index in [1.807, 2.05) is 0 Å². The minimum absolute atomic E-state index is 0.000984. The quantitative estimate of drug-likeness (QED) is 0.195. The van der Waals surface area contributed by atoms with E-state index in [1.165, 1.54) is 66.7 Å².